The predicted octanol–water partition coefficient (Wildman–Crippen LogP) is 3.56. The Bertz CT molecular complexity index is 899. The molecule has 0 radical (unpaired) electrons. The van der Waals surface area contributed by atoms with Crippen LogP contribution < -0.4 is 15.6 Å². The zero-order chi connectivity index (χ0) is 21.2. The first-order chi connectivity index (χ1) is 13.7. The summed E-state index contributed by atoms with van der Waals surface area (Å²) in [6.45, 7) is 1.40. The molecule has 5 nitrogen and oxygen atoms in total. The summed E-state index contributed by atoms with van der Waals surface area (Å²) < 4.78 is 56.6. The summed E-state index contributed by atoms with van der Waals surface area (Å²) >= 11 is 0. The number of rotatable bonds is 5. The second kappa shape index (κ2) is 8.10. The number of carbonyl (C=O) groups is 2. The van der Waals surface area contributed by atoms with E-state index in [9.17, 15) is 27.2 Å². The Kier molecular flexibility index (Phi) is 5.76. The number of hydrazine groups is 1. The van der Waals surface area contributed by atoms with Crippen molar-refractivity contribution in [3.63, 3.8) is 0 Å². The van der Waals surface area contributed by atoms with E-state index in [1.54, 1.807) is 6.07 Å². The van der Waals surface area contributed by atoms with Gasteiger partial charge < -0.3 is 4.74 Å². The Labute approximate surface area is 164 Å². The Morgan fingerprint density at radius 1 is 1.07 bits per heavy atom. The molecule has 2 amide bonds. The Morgan fingerprint density at radius 2 is 1.72 bits per heavy atom. The average Bonchev–Trinajstić information content (AvgIpc) is 3.48. The molecular weight excluding hydrogens is 392 g/mol. The molecule has 0 heterocycles. The quantitative estimate of drug-likeness (QED) is 0.585. The van der Waals surface area contributed by atoms with E-state index in [0.29, 0.717) is 12.0 Å². The summed E-state index contributed by atoms with van der Waals surface area (Å²) in [5, 5.41) is 0. The van der Waals surface area contributed by atoms with Crippen LogP contribution in [0.5, 0.6) is 5.75 Å². The summed E-state index contributed by atoms with van der Waals surface area (Å²) in [6.07, 6.45) is -5.00. The van der Waals surface area contributed by atoms with E-state index in [4.69, 9.17) is 4.74 Å². The molecule has 1 aliphatic carbocycles. The third kappa shape index (κ3) is 5.04. The van der Waals surface area contributed by atoms with Crippen molar-refractivity contribution >= 4 is 11.8 Å². The number of amides is 2. The van der Waals surface area contributed by atoms with Crippen molar-refractivity contribution < 1.29 is 31.9 Å². The summed E-state index contributed by atoms with van der Waals surface area (Å²) in [5.74, 6) is -2.50. The normalized spacial score (nSPS) is 19.2. The smallest absolute Gasteiger partial charge is 0.416 e. The lowest BCUT2D eigenvalue weighted by Gasteiger charge is -2.15. The van der Waals surface area contributed by atoms with E-state index < -0.39 is 41.4 Å². The van der Waals surface area contributed by atoms with Gasteiger partial charge in [0.1, 0.15) is 0 Å². The molecule has 0 bridgehead atoms. The maximum absolute atomic E-state index is 13.5. The first-order valence-corrected chi connectivity index (χ1v) is 8.85. The largest absolute Gasteiger partial charge is 0.478 e. The fourth-order valence-corrected chi connectivity index (χ4v) is 2.87. The summed E-state index contributed by atoms with van der Waals surface area (Å²) in [6, 6.07) is 10.3. The van der Waals surface area contributed by atoms with Gasteiger partial charge in [0.15, 0.2) is 17.7 Å². The van der Waals surface area contributed by atoms with Gasteiger partial charge in [0.05, 0.1) is 5.56 Å². The van der Waals surface area contributed by atoms with Crippen LogP contribution in [0.4, 0.5) is 17.6 Å². The molecule has 1 saturated carbocycles. The number of carbonyl (C=O) groups excluding carboxylic acids is 2. The maximum Gasteiger partial charge on any atom is 0.416 e. The number of hydrogen-bond acceptors (Lipinski definition) is 3. The van der Waals surface area contributed by atoms with Crippen LogP contribution in [0.3, 0.4) is 0 Å². The molecule has 0 aromatic heterocycles. The molecule has 3 unspecified atom stereocenters. The van der Waals surface area contributed by atoms with Crippen LogP contribution >= 0.6 is 0 Å². The van der Waals surface area contributed by atoms with Gasteiger partial charge in [-0.15, -0.1) is 0 Å². The van der Waals surface area contributed by atoms with Gasteiger partial charge in [-0.25, -0.2) is 4.39 Å². The molecule has 3 atom stereocenters. The van der Waals surface area contributed by atoms with Crippen molar-refractivity contribution in [2.24, 2.45) is 5.92 Å². The number of alkyl halides is 3. The predicted molar refractivity (Wildman–Crippen MR) is 95.1 cm³/mol. The van der Waals surface area contributed by atoms with Crippen molar-refractivity contribution in [1.82, 2.24) is 10.9 Å². The molecule has 2 aromatic carbocycles. The highest BCUT2D eigenvalue weighted by Crippen LogP contribution is 2.47. The van der Waals surface area contributed by atoms with Crippen LogP contribution in [0.15, 0.2) is 48.5 Å². The number of para-hydroxylation sites is 1. The van der Waals surface area contributed by atoms with Crippen molar-refractivity contribution in [3.8, 4) is 5.75 Å². The van der Waals surface area contributed by atoms with Gasteiger partial charge in [0.25, 0.3) is 5.91 Å². The molecule has 1 aliphatic rings. The fraction of sp³-hybridized carbons (Fsp3) is 0.300. The Balaban J connectivity index is 1.48. The van der Waals surface area contributed by atoms with E-state index in [0.717, 1.165) is 12.1 Å². The first kappa shape index (κ1) is 20.6. The van der Waals surface area contributed by atoms with Gasteiger partial charge in [0.2, 0.25) is 5.91 Å². The van der Waals surface area contributed by atoms with Gasteiger partial charge in [-0.05, 0) is 49.1 Å². The minimum Gasteiger partial charge on any atom is -0.478 e. The average molecular weight is 410 g/mol. The van der Waals surface area contributed by atoms with E-state index in [-0.39, 0.29) is 11.7 Å². The lowest BCUT2D eigenvalue weighted by atomic mass is 10.1. The van der Waals surface area contributed by atoms with Gasteiger partial charge in [-0.2, -0.15) is 13.2 Å². The molecule has 2 N–H and O–H groups in total. The number of benzene rings is 2. The minimum atomic E-state index is -4.41. The van der Waals surface area contributed by atoms with Crippen molar-refractivity contribution in [1.29, 1.82) is 0 Å². The van der Waals surface area contributed by atoms with E-state index in [1.807, 2.05) is 0 Å². The topological polar surface area (TPSA) is 67.4 Å². The third-order valence-corrected chi connectivity index (χ3v) is 4.61. The molecule has 1 fully saturated rings. The van der Waals surface area contributed by atoms with Gasteiger partial charge in [-0.1, -0.05) is 24.3 Å². The molecule has 0 spiro atoms. The fourth-order valence-electron chi connectivity index (χ4n) is 2.87. The second-order valence-corrected chi connectivity index (χ2v) is 6.74. The van der Waals surface area contributed by atoms with Crippen LogP contribution in [0, 0.1) is 11.7 Å². The molecule has 154 valence electrons. The summed E-state index contributed by atoms with van der Waals surface area (Å²) in [4.78, 5) is 24.2. The number of ether oxygens (including phenoxy) is 1. The van der Waals surface area contributed by atoms with Crippen molar-refractivity contribution in [2.75, 3.05) is 0 Å². The zero-order valence-corrected chi connectivity index (χ0v) is 15.3. The number of hydrogen-bond donors (Lipinski definition) is 2. The molecule has 0 saturated heterocycles. The van der Waals surface area contributed by atoms with Crippen molar-refractivity contribution in [3.05, 3.63) is 65.5 Å². The summed E-state index contributed by atoms with van der Waals surface area (Å²) in [5.41, 5.74) is 4.35. The van der Waals surface area contributed by atoms with Crippen LogP contribution in [0.1, 0.15) is 30.4 Å². The standard InChI is InChI=1S/C20H18F4N2O3/c1-11(29-17-5-3-2-4-16(17)21)18(27)25-26-19(28)15-10-14(15)12-6-8-13(9-7-12)20(22,23)24/h2-9,11,14-15H,10H2,1H3,(H,25,27)(H,26,28). The molecule has 3 rings (SSSR count). The molecule has 2 aromatic rings. The Morgan fingerprint density at radius 3 is 2.34 bits per heavy atom. The van der Waals surface area contributed by atoms with Crippen LogP contribution in [0.2, 0.25) is 0 Å². The second-order valence-electron chi connectivity index (χ2n) is 6.74. The van der Waals surface area contributed by atoms with E-state index in [1.165, 1.54) is 37.3 Å². The molecule has 9 heteroatoms. The highest BCUT2D eigenvalue weighted by Gasteiger charge is 2.44. The van der Waals surface area contributed by atoms with Gasteiger partial charge in [0, 0.05) is 5.92 Å². The summed E-state index contributed by atoms with van der Waals surface area (Å²) in [7, 11) is 0. The van der Waals surface area contributed by atoms with Crippen LogP contribution in [-0.4, -0.2) is 17.9 Å². The zero-order valence-electron chi connectivity index (χ0n) is 15.3. The lowest BCUT2D eigenvalue weighted by molar-refractivity contribution is -0.137. The Hall–Kier alpha value is -3.10. The number of nitrogens with one attached hydrogen (secondary N) is 2. The monoisotopic (exact) mass is 410 g/mol. The van der Waals surface area contributed by atoms with Crippen molar-refractivity contribution in [2.45, 2.75) is 31.5 Å². The van der Waals surface area contributed by atoms with Crippen LogP contribution in [0.25, 0.3) is 0 Å². The number of halogens is 4. The first-order valence-electron chi connectivity index (χ1n) is 8.85. The molecule has 29 heavy (non-hydrogen) atoms. The highest BCUT2D eigenvalue weighted by molar-refractivity contribution is 5.87. The van der Waals surface area contributed by atoms with E-state index in [2.05, 4.69) is 10.9 Å². The van der Waals surface area contributed by atoms with Gasteiger partial charge >= 0.3 is 6.18 Å². The minimum absolute atomic E-state index is 0.0916. The molecule has 0 aliphatic heterocycles. The molecular formula is C20H18F4N2O3. The SMILES string of the molecule is CC(Oc1ccccc1F)C(=O)NNC(=O)C1CC1c1ccc(C(F)(F)F)cc1. The highest BCUT2D eigenvalue weighted by atomic mass is 19.4. The van der Waals surface area contributed by atoms with E-state index >= 15 is 0 Å². The van der Waals surface area contributed by atoms with Crippen LogP contribution in [-0.2, 0) is 15.8 Å². The maximum atomic E-state index is 13.5. The van der Waals surface area contributed by atoms with Gasteiger partial charge in [-0.3, -0.25) is 20.4 Å². The third-order valence-electron chi connectivity index (χ3n) is 4.61. The lowest BCUT2D eigenvalue weighted by Crippen LogP contribution is -2.47.